The van der Waals surface area contributed by atoms with Gasteiger partial charge in [0.1, 0.15) is 16.9 Å². The molecule has 12 nitrogen and oxygen atoms in total. The van der Waals surface area contributed by atoms with Crippen molar-refractivity contribution in [3.05, 3.63) is 77.2 Å². The molecule has 4 amide bonds. The minimum Gasteiger partial charge on any atom is -0.440 e. The molecular formula is C32H32F3N7O5. The van der Waals surface area contributed by atoms with Crippen molar-refractivity contribution in [2.24, 2.45) is 0 Å². The quantitative estimate of drug-likeness (QED) is 0.252. The van der Waals surface area contributed by atoms with Crippen molar-refractivity contribution in [1.29, 1.82) is 0 Å². The van der Waals surface area contributed by atoms with E-state index in [0.717, 1.165) is 43.8 Å². The van der Waals surface area contributed by atoms with Crippen LogP contribution in [0.4, 0.5) is 29.3 Å². The molecule has 5 heterocycles. The highest BCUT2D eigenvalue weighted by molar-refractivity contribution is 6.05. The van der Waals surface area contributed by atoms with Gasteiger partial charge in [-0.1, -0.05) is 6.07 Å². The molecular weight excluding hydrogens is 619 g/mol. The van der Waals surface area contributed by atoms with E-state index >= 15 is 0 Å². The summed E-state index contributed by atoms with van der Waals surface area (Å²) in [6, 6.07) is 9.41. The number of hydrogen-bond donors (Lipinski definition) is 3. The molecule has 3 aromatic heterocycles. The van der Waals surface area contributed by atoms with Crippen LogP contribution in [0.25, 0.3) is 11.1 Å². The highest BCUT2D eigenvalue weighted by atomic mass is 19.4. The zero-order chi connectivity index (χ0) is 33.5. The summed E-state index contributed by atoms with van der Waals surface area (Å²) in [4.78, 5) is 52.8. The molecule has 0 aliphatic carbocycles. The SMILES string of the molecule is CC(C)(O)c1cc2nc(C3CCN(Cc4ccc(N5CCC(=O)NC5=O)cn4)CC3)oc2cc1NC(=O)c1cccc(C(F)(F)F)n1. The van der Waals surface area contributed by atoms with Crippen molar-refractivity contribution in [2.75, 3.05) is 29.9 Å². The monoisotopic (exact) mass is 651 g/mol. The average molecular weight is 652 g/mol. The summed E-state index contributed by atoms with van der Waals surface area (Å²) in [5.41, 5.74) is -0.255. The third-order valence-electron chi connectivity index (χ3n) is 8.22. The smallest absolute Gasteiger partial charge is 0.433 e. The highest BCUT2D eigenvalue weighted by Crippen LogP contribution is 2.36. The summed E-state index contributed by atoms with van der Waals surface area (Å²) < 4.78 is 45.6. The number of amides is 4. The molecule has 6 rings (SSSR count). The fraction of sp³-hybridized carbons (Fsp3) is 0.375. The number of likely N-dealkylation sites (tertiary alicyclic amines) is 1. The number of nitrogens with one attached hydrogen (secondary N) is 2. The van der Waals surface area contributed by atoms with Gasteiger partial charge in [0, 0.05) is 37.1 Å². The molecule has 2 saturated heterocycles. The number of fused-ring (bicyclic) bond motifs is 1. The summed E-state index contributed by atoms with van der Waals surface area (Å²) in [7, 11) is 0. The van der Waals surface area contributed by atoms with Gasteiger partial charge < -0.3 is 14.8 Å². The first-order valence-electron chi connectivity index (χ1n) is 15.1. The number of hydrogen-bond acceptors (Lipinski definition) is 9. The van der Waals surface area contributed by atoms with E-state index in [9.17, 15) is 32.7 Å². The van der Waals surface area contributed by atoms with Gasteiger partial charge in [-0.3, -0.25) is 29.7 Å². The number of nitrogens with zero attached hydrogens (tertiary/aromatic N) is 5. The lowest BCUT2D eigenvalue weighted by Crippen LogP contribution is -2.49. The lowest BCUT2D eigenvalue weighted by molar-refractivity contribution is -0.141. The molecule has 47 heavy (non-hydrogen) atoms. The van der Waals surface area contributed by atoms with Crippen molar-refractivity contribution in [1.82, 2.24) is 25.2 Å². The molecule has 246 valence electrons. The van der Waals surface area contributed by atoms with Gasteiger partial charge in [-0.25, -0.2) is 14.8 Å². The van der Waals surface area contributed by atoms with Crippen LogP contribution in [0.15, 0.2) is 53.1 Å². The Bertz CT molecular complexity index is 1830. The Kier molecular flexibility index (Phi) is 8.44. The number of oxazole rings is 1. The van der Waals surface area contributed by atoms with Gasteiger partial charge >= 0.3 is 12.2 Å². The molecule has 4 aromatic rings. The van der Waals surface area contributed by atoms with Crippen LogP contribution in [0, 0.1) is 0 Å². The third-order valence-corrected chi connectivity index (χ3v) is 8.22. The minimum absolute atomic E-state index is 0.0206. The van der Waals surface area contributed by atoms with Crippen molar-refractivity contribution in [3.8, 4) is 0 Å². The Balaban J connectivity index is 1.12. The van der Waals surface area contributed by atoms with Crippen molar-refractivity contribution in [3.63, 3.8) is 0 Å². The molecule has 15 heteroatoms. The second kappa shape index (κ2) is 12.4. The number of imide groups is 1. The number of halogens is 3. The average Bonchev–Trinajstić information content (AvgIpc) is 3.44. The predicted molar refractivity (Wildman–Crippen MR) is 163 cm³/mol. The van der Waals surface area contributed by atoms with Gasteiger partial charge in [-0.05, 0) is 70.1 Å². The molecule has 1 aromatic carbocycles. The summed E-state index contributed by atoms with van der Waals surface area (Å²) in [5.74, 6) is -0.623. The number of carbonyl (C=O) groups excluding carboxylic acids is 3. The van der Waals surface area contributed by atoms with E-state index in [1.807, 2.05) is 12.1 Å². The maximum atomic E-state index is 13.1. The van der Waals surface area contributed by atoms with Gasteiger partial charge in [-0.2, -0.15) is 13.2 Å². The Morgan fingerprint density at radius 3 is 2.51 bits per heavy atom. The molecule has 0 bridgehead atoms. The highest BCUT2D eigenvalue weighted by Gasteiger charge is 2.33. The fourth-order valence-corrected chi connectivity index (χ4v) is 5.73. The topological polar surface area (TPSA) is 154 Å². The summed E-state index contributed by atoms with van der Waals surface area (Å²) in [6.45, 7) is 5.48. The molecule has 0 saturated carbocycles. The standard InChI is InChI=1S/C32H32F3N7O5/c1-31(2,46)21-14-24-25(15-23(21)38-28(44)22-4-3-5-26(37-22)32(33,34)35)47-29(39-24)18-8-11-41(12-9-18)17-19-6-7-20(16-36-19)42-13-10-27(43)40-30(42)45/h3-7,14-16,18,46H,8-13,17H2,1-2H3,(H,38,44)(H,40,43,45). The lowest BCUT2D eigenvalue weighted by atomic mass is 9.95. The van der Waals surface area contributed by atoms with E-state index in [2.05, 4.69) is 30.5 Å². The Labute approximate surface area is 267 Å². The number of carbonyl (C=O) groups is 3. The molecule has 0 radical (unpaired) electrons. The number of urea groups is 1. The van der Waals surface area contributed by atoms with E-state index in [4.69, 9.17) is 4.42 Å². The lowest BCUT2D eigenvalue weighted by Gasteiger charge is -2.30. The number of alkyl halides is 3. The zero-order valence-electron chi connectivity index (χ0n) is 25.6. The maximum absolute atomic E-state index is 13.1. The maximum Gasteiger partial charge on any atom is 0.433 e. The van der Waals surface area contributed by atoms with E-state index in [1.165, 1.54) is 30.9 Å². The Morgan fingerprint density at radius 1 is 1.09 bits per heavy atom. The van der Waals surface area contributed by atoms with E-state index in [0.29, 0.717) is 41.3 Å². The van der Waals surface area contributed by atoms with Crippen LogP contribution >= 0.6 is 0 Å². The van der Waals surface area contributed by atoms with E-state index < -0.39 is 35.1 Å². The fourth-order valence-electron chi connectivity index (χ4n) is 5.73. The number of pyridine rings is 2. The van der Waals surface area contributed by atoms with E-state index in [-0.39, 0.29) is 23.9 Å². The first-order chi connectivity index (χ1) is 22.2. The first-order valence-corrected chi connectivity index (χ1v) is 15.1. The van der Waals surface area contributed by atoms with Crippen LogP contribution in [0.2, 0.25) is 0 Å². The summed E-state index contributed by atoms with van der Waals surface area (Å²) >= 11 is 0. The van der Waals surface area contributed by atoms with Gasteiger partial charge in [0.15, 0.2) is 11.5 Å². The summed E-state index contributed by atoms with van der Waals surface area (Å²) in [5, 5.41) is 15.7. The number of anilines is 2. The number of aromatic nitrogens is 3. The van der Waals surface area contributed by atoms with Crippen LogP contribution in [0.5, 0.6) is 0 Å². The molecule has 2 fully saturated rings. The van der Waals surface area contributed by atoms with Gasteiger partial charge in [0.2, 0.25) is 5.91 Å². The zero-order valence-corrected chi connectivity index (χ0v) is 25.6. The van der Waals surface area contributed by atoms with Crippen LogP contribution in [-0.2, 0) is 23.1 Å². The van der Waals surface area contributed by atoms with Crippen molar-refractivity contribution < 1.29 is 37.1 Å². The third kappa shape index (κ3) is 7.10. The molecule has 2 aliphatic heterocycles. The molecule has 2 aliphatic rings. The van der Waals surface area contributed by atoms with Crippen LogP contribution < -0.4 is 15.5 Å². The summed E-state index contributed by atoms with van der Waals surface area (Å²) in [6.07, 6.45) is -1.32. The Hall–Kier alpha value is -4.89. The van der Waals surface area contributed by atoms with Crippen LogP contribution in [-0.4, -0.2) is 62.4 Å². The number of benzene rings is 1. The molecule has 0 spiro atoms. The minimum atomic E-state index is -4.71. The van der Waals surface area contributed by atoms with Crippen LogP contribution in [0.1, 0.15) is 72.4 Å². The van der Waals surface area contributed by atoms with Gasteiger partial charge in [-0.15, -0.1) is 0 Å². The van der Waals surface area contributed by atoms with Crippen LogP contribution in [0.3, 0.4) is 0 Å². The first kappa shape index (κ1) is 32.1. The molecule has 3 N–H and O–H groups in total. The van der Waals surface area contributed by atoms with E-state index in [1.54, 1.807) is 12.3 Å². The van der Waals surface area contributed by atoms with Gasteiger partial charge in [0.25, 0.3) is 5.91 Å². The largest absolute Gasteiger partial charge is 0.440 e. The molecule has 0 unspecified atom stereocenters. The normalized spacial score (nSPS) is 16.9. The van der Waals surface area contributed by atoms with Crippen molar-refractivity contribution in [2.45, 2.75) is 57.3 Å². The number of piperidine rings is 1. The second-order valence-corrected chi connectivity index (χ2v) is 12.1. The van der Waals surface area contributed by atoms with Gasteiger partial charge in [0.05, 0.1) is 28.9 Å². The number of rotatable bonds is 7. The number of aliphatic hydroxyl groups is 1. The second-order valence-electron chi connectivity index (χ2n) is 12.1. The Morgan fingerprint density at radius 2 is 1.85 bits per heavy atom. The predicted octanol–water partition coefficient (Wildman–Crippen LogP) is 4.94. The van der Waals surface area contributed by atoms with Crippen molar-refractivity contribution >= 4 is 40.3 Å². The molecule has 0 atom stereocenters.